The quantitative estimate of drug-likeness (QED) is 0.760. The Morgan fingerprint density at radius 2 is 2.27 bits per heavy atom. The molecule has 2 heterocycles. The number of nitrogens with one attached hydrogen (secondary N) is 2. The number of aromatic nitrogens is 3. The van der Waals surface area contributed by atoms with Crippen LogP contribution in [0.15, 0.2) is 41.8 Å². The van der Waals surface area contributed by atoms with Crippen LogP contribution in [-0.2, 0) is 0 Å². The molecular weight excluding hydrogens is 212 g/mol. The van der Waals surface area contributed by atoms with E-state index in [1.54, 1.807) is 30.7 Å². The van der Waals surface area contributed by atoms with Crippen LogP contribution < -0.4 is 5.32 Å². The molecule has 0 unspecified atom stereocenters. The van der Waals surface area contributed by atoms with E-state index in [-0.39, 0.29) is 5.24 Å². The Hall–Kier alpha value is -1.82. The van der Waals surface area contributed by atoms with Crippen LogP contribution in [0.5, 0.6) is 0 Å². The first-order valence-electron chi connectivity index (χ1n) is 4.24. The number of hydrogen-bond acceptors (Lipinski definition) is 4. The van der Waals surface area contributed by atoms with Crippen molar-refractivity contribution in [1.82, 2.24) is 15.0 Å². The molecule has 0 aliphatic rings. The zero-order chi connectivity index (χ0) is 10.5. The van der Waals surface area contributed by atoms with Crippen LogP contribution in [0.25, 0.3) is 0 Å². The van der Waals surface area contributed by atoms with E-state index in [9.17, 15) is 4.79 Å². The first kappa shape index (κ1) is 9.72. The smallest absolute Gasteiger partial charge is 0.292 e. The number of pyridine rings is 1. The molecule has 1 amide bonds. The molecule has 0 aromatic carbocycles. The number of anilines is 1. The molecule has 0 fully saturated rings. The SMILES string of the molecule is O=C(Nc1ncc[nH]1)Sc1ccccn1. The summed E-state index contributed by atoms with van der Waals surface area (Å²) in [6.45, 7) is 0. The number of amides is 1. The van der Waals surface area contributed by atoms with E-state index in [4.69, 9.17) is 0 Å². The molecule has 2 N–H and O–H groups in total. The number of nitrogens with zero attached hydrogens (tertiary/aromatic N) is 2. The van der Waals surface area contributed by atoms with E-state index in [2.05, 4.69) is 20.3 Å². The summed E-state index contributed by atoms with van der Waals surface area (Å²) < 4.78 is 0. The molecule has 0 bridgehead atoms. The molecule has 6 heteroatoms. The van der Waals surface area contributed by atoms with Crippen molar-refractivity contribution < 1.29 is 4.79 Å². The highest BCUT2D eigenvalue weighted by Gasteiger charge is 2.06. The average Bonchev–Trinajstić information content (AvgIpc) is 2.71. The molecule has 0 radical (unpaired) electrons. The normalized spacial score (nSPS) is 9.87. The molecule has 5 nitrogen and oxygen atoms in total. The maximum atomic E-state index is 11.4. The lowest BCUT2D eigenvalue weighted by atomic mass is 10.5. The molecule has 0 saturated heterocycles. The Morgan fingerprint density at radius 3 is 2.93 bits per heavy atom. The van der Waals surface area contributed by atoms with Crippen molar-refractivity contribution in [2.24, 2.45) is 0 Å². The van der Waals surface area contributed by atoms with Gasteiger partial charge in [0, 0.05) is 18.6 Å². The summed E-state index contributed by atoms with van der Waals surface area (Å²) in [4.78, 5) is 22.1. The standard InChI is InChI=1S/C9H8N4OS/c14-9(13-8-11-5-6-12-8)15-7-3-1-2-4-10-7/h1-6H,(H2,11,12,13,14). The van der Waals surface area contributed by atoms with Gasteiger partial charge >= 0.3 is 0 Å². The molecule has 0 saturated carbocycles. The van der Waals surface area contributed by atoms with E-state index in [0.717, 1.165) is 11.8 Å². The van der Waals surface area contributed by atoms with E-state index in [0.29, 0.717) is 11.0 Å². The zero-order valence-electron chi connectivity index (χ0n) is 7.68. The van der Waals surface area contributed by atoms with Crippen LogP contribution in [0.3, 0.4) is 0 Å². The summed E-state index contributed by atoms with van der Waals surface area (Å²) in [7, 11) is 0. The minimum absolute atomic E-state index is 0.219. The Morgan fingerprint density at radius 1 is 1.33 bits per heavy atom. The molecule has 2 rings (SSSR count). The Bertz CT molecular complexity index is 429. The fraction of sp³-hybridized carbons (Fsp3) is 0. The number of hydrogen-bond donors (Lipinski definition) is 2. The van der Waals surface area contributed by atoms with Gasteiger partial charge in [-0.3, -0.25) is 10.1 Å². The van der Waals surface area contributed by atoms with E-state index >= 15 is 0 Å². The molecule has 0 spiro atoms. The fourth-order valence-corrected chi connectivity index (χ4v) is 1.56. The molecule has 0 aliphatic heterocycles. The summed E-state index contributed by atoms with van der Waals surface area (Å²) in [5.41, 5.74) is 0. The van der Waals surface area contributed by atoms with Crippen molar-refractivity contribution in [2.75, 3.05) is 5.32 Å². The van der Waals surface area contributed by atoms with Gasteiger partial charge < -0.3 is 4.98 Å². The predicted molar refractivity (Wildman–Crippen MR) is 57.7 cm³/mol. The van der Waals surface area contributed by atoms with E-state index in [1.165, 1.54) is 0 Å². The van der Waals surface area contributed by atoms with Gasteiger partial charge in [0.25, 0.3) is 5.24 Å². The Labute approximate surface area is 90.3 Å². The van der Waals surface area contributed by atoms with Crippen LogP contribution in [0.1, 0.15) is 0 Å². The molecule has 15 heavy (non-hydrogen) atoms. The largest absolute Gasteiger partial charge is 0.331 e. The Kier molecular flexibility index (Phi) is 2.99. The number of thioether (sulfide) groups is 1. The second-order valence-corrected chi connectivity index (χ2v) is 3.61. The van der Waals surface area contributed by atoms with Crippen molar-refractivity contribution >= 4 is 22.9 Å². The van der Waals surface area contributed by atoms with Crippen LogP contribution in [0, 0.1) is 0 Å². The molecule has 76 valence electrons. The second kappa shape index (κ2) is 4.61. The van der Waals surface area contributed by atoms with Crippen molar-refractivity contribution in [3.63, 3.8) is 0 Å². The van der Waals surface area contributed by atoms with Gasteiger partial charge in [0.15, 0.2) is 0 Å². The van der Waals surface area contributed by atoms with Crippen LogP contribution >= 0.6 is 11.8 Å². The van der Waals surface area contributed by atoms with E-state index in [1.807, 2.05) is 6.07 Å². The zero-order valence-corrected chi connectivity index (χ0v) is 8.49. The monoisotopic (exact) mass is 220 g/mol. The summed E-state index contributed by atoms with van der Waals surface area (Å²) >= 11 is 1.02. The van der Waals surface area contributed by atoms with Gasteiger partial charge in [0.1, 0.15) is 5.03 Å². The molecule has 0 atom stereocenters. The number of rotatable bonds is 2. The van der Waals surface area contributed by atoms with Gasteiger partial charge in [-0.05, 0) is 23.9 Å². The van der Waals surface area contributed by atoms with Gasteiger partial charge in [-0.1, -0.05) is 6.07 Å². The lowest BCUT2D eigenvalue weighted by Crippen LogP contribution is -2.06. The number of carbonyl (C=O) groups is 1. The number of carbonyl (C=O) groups excluding carboxylic acids is 1. The van der Waals surface area contributed by atoms with Gasteiger partial charge in [0.05, 0.1) is 0 Å². The second-order valence-electron chi connectivity index (χ2n) is 2.62. The van der Waals surface area contributed by atoms with E-state index < -0.39 is 0 Å². The molecule has 0 aliphatic carbocycles. The molecule has 2 aromatic heterocycles. The van der Waals surface area contributed by atoms with Crippen LogP contribution in [0.4, 0.5) is 10.7 Å². The van der Waals surface area contributed by atoms with Gasteiger partial charge in [-0.15, -0.1) is 0 Å². The number of H-pyrrole nitrogens is 1. The maximum absolute atomic E-state index is 11.4. The fourth-order valence-electron chi connectivity index (χ4n) is 0.958. The first-order valence-corrected chi connectivity index (χ1v) is 5.05. The predicted octanol–water partition coefficient (Wildman–Crippen LogP) is 2.13. The third kappa shape index (κ3) is 2.81. The Balaban J connectivity index is 1.94. The van der Waals surface area contributed by atoms with Gasteiger partial charge in [-0.2, -0.15) is 0 Å². The molecule has 2 aromatic rings. The summed E-state index contributed by atoms with van der Waals surface area (Å²) in [5.74, 6) is 0.434. The van der Waals surface area contributed by atoms with Crippen molar-refractivity contribution in [2.45, 2.75) is 5.03 Å². The minimum Gasteiger partial charge on any atom is -0.331 e. The third-order valence-corrected chi connectivity index (χ3v) is 2.29. The highest BCUT2D eigenvalue weighted by molar-refractivity contribution is 8.13. The van der Waals surface area contributed by atoms with Gasteiger partial charge in [-0.25, -0.2) is 9.97 Å². The third-order valence-electron chi connectivity index (χ3n) is 1.55. The number of imidazole rings is 1. The summed E-state index contributed by atoms with van der Waals surface area (Å²) in [5, 5.41) is 3.02. The summed E-state index contributed by atoms with van der Waals surface area (Å²) in [6, 6.07) is 5.40. The van der Waals surface area contributed by atoms with Crippen molar-refractivity contribution in [1.29, 1.82) is 0 Å². The molecular formula is C9H8N4OS. The highest BCUT2D eigenvalue weighted by Crippen LogP contribution is 2.16. The summed E-state index contributed by atoms with van der Waals surface area (Å²) in [6.07, 6.45) is 4.85. The average molecular weight is 220 g/mol. The van der Waals surface area contributed by atoms with Crippen molar-refractivity contribution in [3.05, 3.63) is 36.8 Å². The topological polar surface area (TPSA) is 70.7 Å². The lowest BCUT2D eigenvalue weighted by molar-refractivity contribution is 0.269. The number of aromatic amines is 1. The van der Waals surface area contributed by atoms with Crippen LogP contribution in [-0.4, -0.2) is 20.2 Å². The highest BCUT2D eigenvalue weighted by atomic mass is 32.2. The van der Waals surface area contributed by atoms with Crippen molar-refractivity contribution in [3.8, 4) is 0 Å². The first-order chi connectivity index (χ1) is 7.34. The van der Waals surface area contributed by atoms with Crippen LogP contribution in [0.2, 0.25) is 0 Å². The maximum Gasteiger partial charge on any atom is 0.292 e. The lowest BCUT2D eigenvalue weighted by Gasteiger charge is -1.99. The van der Waals surface area contributed by atoms with Gasteiger partial charge in [0.2, 0.25) is 5.95 Å². The minimum atomic E-state index is -0.219.